The highest BCUT2D eigenvalue weighted by Crippen LogP contribution is 2.29. The number of methoxy groups -OCH3 is 1. The lowest BCUT2D eigenvalue weighted by Gasteiger charge is -2.25. The zero-order valence-corrected chi connectivity index (χ0v) is 11.7. The van der Waals surface area contributed by atoms with Crippen LogP contribution in [-0.2, 0) is 22.5 Å². The summed E-state index contributed by atoms with van der Waals surface area (Å²) in [6, 6.07) is -0.0529. The third-order valence-electron chi connectivity index (χ3n) is 3.68. The van der Waals surface area contributed by atoms with Crippen molar-refractivity contribution in [3.05, 3.63) is 17.5 Å². The maximum Gasteiger partial charge on any atom is 0.250 e. The number of amides is 1. The first-order valence-electron chi connectivity index (χ1n) is 6.90. The molecule has 1 aliphatic carbocycles. The van der Waals surface area contributed by atoms with Crippen molar-refractivity contribution in [1.82, 2.24) is 15.1 Å². The molecule has 1 aliphatic rings. The van der Waals surface area contributed by atoms with Gasteiger partial charge < -0.3 is 20.9 Å². The van der Waals surface area contributed by atoms with Crippen molar-refractivity contribution in [2.45, 2.75) is 38.0 Å². The molecule has 0 aromatic carbocycles. The van der Waals surface area contributed by atoms with Crippen molar-refractivity contribution >= 4 is 5.91 Å². The predicted molar refractivity (Wildman–Crippen MR) is 73.0 cm³/mol. The van der Waals surface area contributed by atoms with Gasteiger partial charge in [0.15, 0.2) is 0 Å². The normalized spacial score (nSPS) is 19.4. The topological polar surface area (TPSA) is 102 Å². The molecule has 112 valence electrons. The molecule has 2 atom stereocenters. The van der Waals surface area contributed by atoms with Crippen molar-refractivity contribution in [2.24, 2.45) is 5.73 Å². The fourth-order valence-corrected chi connectivity index (χ4v) is 2.63. The van der Waals surface area contributed by atoms with Crippen LogP contribution in [0.25, 0.3) is 0 Å². The minimum Gasteiger partial charge on any atom is -0.394 e. The number of nitrogens with two attached hydrogens (primary N) is 1. The number of fused-ring (bicyclic) bond motifs is 1. The third kappa shape index (κ3) is 3.00. The monoisotopic (exact) mass is 282 g/mol. The van der Waals surface area contributed by atoms with Gasteiger partial charge in [0.1, 0.15) is 6.10 Å². The van der Waals surface area contributed by atoms with Crippen LogP contribution in [0.1, 0.15) is 30.1 Å². The van der Waals surface area contributed by atoms with Crippen molar-refractivity contribution in [2.75, 3.05) is 20.3 Å². The summed E-state index contributed by atoms with van der Waals surface area (Å²) < 4.78 is 6.85. The van der Waals surface area contributed by atoms with Crippen LogP contribution in [0.4, 0.5) is 0 Å². The number of nitrogens with zero attached hydrogens (tertiary/aromatic N) is 2. The molecular formula is C13H22N4O3. The predicted octanol–water partition coefficient (Wildman–Crippen LogP) is -0.657. The van der Waals surface area contributed by atoms with E-state index >= 15 is 0 Å². The molecular weight excluding hydrogens is 260 g/mol. The van der Waals surface area contributed by atoms with E-state index < -0.39 is 6.10 Å². The second-order valence-corrected chi connectivity index (χ2v) is 4.91. The smallest absolute Gasteiger partial charge is 0.250 e. The zero-order chi connectivity index (χ0) is 14.5. The summed E-state index contributed by atoms with van der Waals surface area (Å²) in [5.74, 6) is -0.192. The Hall–Kier alpha value is -1.44. The molecule has 4 N–H and O–H groups in total. The third-order valence-corrected chi connectivity index (χ3v) is 3.68. The van der Waals surface area contributed by atoms with Gasteiger partial charge >= 0.3 is 0 Å². The van der Waals surface area contributed by atoms with E-state index in [1.165, 1.54) is 7.11 Å². The zero-order valence-electron chi connectivity index (χ0n) is 11.7. The number of hydrogen-bond acceptors (Lipinski definition) is 5. The van der Waals surface area contributed by atoms with E-state index in [1.54, 1.807) is 6.20 Å². The number of ether oxygens (including phenoxy) is 1. The summed E-state index contributed by atoms with van der Waals surface area (Å²) in [4.78, 5) is 12.0. The summed E-state index contributed by atoms with van der Waals surface area (Å²) in [7, 11) is 1.47. The molecule has 1 amide bonds. The molecule has 0 saturated carbocycles. The van der Waals surface area contributed by atoms with Gasteiger partial charge in [-0.1, -0.05) is 0 Å². The van der Waals surface area contributed by atoms with E-state index in [2.05, 4.69) is 10.4 Å². The Morgan fingerprint density at radius 3 is 3.20 bits per heavy atom. The average molecular weight is 282 g/mol. The van der Waals surface area contributed by atoms with Crippen LogP contribution in [-0.4, -0.2) is 47.2 Å². The minimum absolute atomic E-state index is 0.0529. The maximum absolute atomic E-state index is 12.0. The van der Waals surface area contributed by atoms with E-state index in [-0.39, 0.29) is 25.1 Å². The van der Waals surface area contributed by atoms with Gasteiger partial charge in [0, 0.05) is 24.9 Å². The Balaban J connectivity index is 2.10. The summed E-state index contributed by atoms with van der Waals surface area (Å²) >= 11 is 0. The molecule has 0 saturated heterocycles. The number of aliphatic hydroxyl groups excluding tert-OH is 1. The van der Waals surface area contributed by atoms with Gasteiger partial charge in [-0.25, -0.2) is 0 Å². The number of hydrogen-bond donors (Lipinski definition) is 3. The number of carbonyl (C=O) groups excluding carboxylic acids is 1. The second-order valence-electron chi connectivity index (χ2n) is 4.91. The van der Waals surface area contributed by atoms with Gasteiger partial charge in [0.05, 0.1) is 25.4 Å². The number of aromatic nitrogens is 2. The summed E-state index contributed by atoms with van der Waals surface area (Å²) in [5.41, 5.74) is 7.62. The van der Waals surface area contributed by atoms with E-state index in [0.717, 1.165) is 30.5 Å². The molecule has 7 nitrogen and oxygen atoms in total. The van der Waals surface area contributed by atoms with Crippen molar-refractivity contribution in [3.63, 3.8) is 0 Å². The Morgan fingerprint density at radius 2 is 2.55 bits per heavy atom. The second kappa shape index (κ2) is 6.83. The van der Waals surface area contributed by atoms with E-state index in [0.29, 0.717) is 6.54 Å². The van der Waals surface area contributed by atoms with Crippen LogP contribution in [0.3, 0.4) is 0 Å². The number of nitrogens with one attached hydrogen (secondary N) is 1. The fourth-order valence-electron chi connectivity index (χ4n) is 2.63. The van der Waals surface area contributed by atoms with E-state index in [1.807, 2.05) is 4.68 Å². The molecule has 0 bridgehead atoms. The molecule has 2 unspecified atom stereocenters. The van der Waals surface area contributed by atoms with Gasteiger partial charge in [-0.05, 0) is 19.3 Å². The Bertz CT molecular complexity index is 456. The van der Waals surface area contributed by atoms with E-state index in [9.17, 15) is 4.79 Å². The van der Waals surface area contributed by atoms with Crippen LogP contribution in [0, 0.1) is 0 Å². The maximum atomic E-state index is 12.0. The molecule has 0 fully saturated rings. The highest BCUT2D eigenvalue weighted by Gasteiger charge is 2.27. The highest BCUT2D eigenvalue weighted by molar-refractivity contribution is 5.81. The molecule has 1 aromatic rings. The minimum atomic E-state index is -0.618. The van der Waals surface area contributed by atoms with Crippen LogP contribution in [0.2, 0.25) is 0 Å². The Kier molecular flexibility index (Phi) is 5.11. The first kappa shape index (κ1) is 15.0. The molecule has 0 aliphatic heterocycles. The standard InChI is InChI=1S/C13H22N4O3/c1-20-12(7-14)13(19)16-10-3-2-4-11-9(10)8-15-17(11)5-6-18/h8,10,12,18H,2-7,14H2,1H3,(H,16,19). The Morgan fingerprint density at radius 1 is 1.75 bits per heavy atom. The molecule has 1 aromatic heterocycles. The molecule has 1 heterocycles. The number of rotatable bonds is 6. The lowest BCUT2D eigenvalue weighted by molar-refractivity contribution is -0.131. The number of aliphatic hydroxyl groups is 1. The number of carbonyl (C=O) groups is 1. The van der Waals surface area contributed by atoms with Gasteiger partial charge in [-0.3, -0.25) is 9.48 Å². The SMILES string of the molecule is COC(CN)C(=O)NC1CCCc2c1cnn2CCO. The van der Waals surface area contributed by atoms with Gasteiger partial charge in [0.2, 0.25) is 0 Å². The largest absolute Gasteiger partial charge is 0.394 e. The Labute approximate surface area is 118 Å². The fraction of sp³-hybridized carbons (Fsp3) is 0.692. The van der Waals surface area contributed by atoms with Gasteiger partial charge in [-0.15, -0.1) is 0 Å². The van der Waals surface area contributed by atoms with Crippen LogP contribution in [0.15, 0.2) is 6.20 Å². The molecule has 20 heavy (non-hydrogen) atoms. The van der Waals surface area contributed by atoms with E-state index in [4.69, 9.17) is 15.6 Å². The summed E-state index contributed by atoms with van der Waals surface area (Å²) in [6.45, 7) is 0.704. The summed E-state index contributed by atoms with van der Waals surface area (Å²) in [6.07, 6.45) is 3.94. The molecule has 0 radical (unpaired) electrons. The molecule has 7 heteroatoms. The van der Waals surface area contributed by atoms with Crippen LogP contribution < -0.4 is 11.1 Å². The first-order valence-corrected chi connectivity index (χ1v) is 6.90. The molecule has 2 rings (SSSR count). The average Bonchev–Trinajstić information content (AvgIpc) is 2.85. The van der Waals surface area contributed by atoms with Gasteiger partial charge in [0.25, 0.3) is 5.91 Å². The molecule has 0 spiro atoms. The lowest BCUT2D eigenvalue weighted by atomic mass is 9.92. The highest BCUT2D eigenvalue weighted by atomic mass is 16.5. The quantitative estimate of drug-likeness (QED) is 0.643. The van der Waals surface area contributed by atoms with Crippen molar-refractivity contribution < 1.29 is 14.6 Å². The first-order chi connectivity index (χ1) is 9.71. The summed E-state index contributed by atoms with van der Waals surface area (Å²) in [5, 5.41) is 16.3. The van der Waals surface area contributed by atoms with Crippen LogP contribution >= 0.6 is 0 Å². The lowest BCUT2D eigenvalue weighted by Crippen LogP contribution is -2.42. The van der Waals surface area contributed by atoms with Crippen molar-refractivity contribution in [1.29, 1.82) is 0 Å². The van der Waals surface area contributed by atoms with Crippen molar-refractivity contribution in [3.8, 4) is 0 Å². The van der Waals surface area contributed by atoms with Crippen LogP contribution in [0.5, 0.6) is 0 Å². The van der Waals surface area contributed by atoms with Gasteiger partial charge in [-0.2, -0.15) is 5.10 Å².